The summed E-state index contributed by atoms with van der Waals surface area (Å²) in [5.74, 6) is 0.702. The summed E-state index contributed by atoms with van der Waals surface area (Å²) in [5.41, 5.74) is 2.04. The maximum Gasteiger partial charge on any atom is 0.119 e. The smallest absolute Gasteiger partial charge is 0.119 e. The molecule has 1 unspecified atom stereocenters. The third-order valence-corrected chi connectivity index (χ3v) is 3.34. The zero-order chi connectivity index (χ0) is 14.5. The van der Waals surface area contributed by atoms with E-state index in [1.165, 1.54) is 0 Å². The minimum Gasteiger partial charge on any atom is -0.491 e. The third kappa shape index (κ3) is 3.99. The molecule has 2 aromatic rings. The second kappa shape index (κ2) is 6.77. The Balaban J connectivity index is 1.87. The van der Waals surface area contributed by atoms with Gasteiger partial charge in [-0.25, -0.2) is 0 Å². The van der Waals surface area contributed by atoms with E-state index >= 15 is 0 Å². The molecule has 0 bridgehead atoms. The highest BCUT2D eigenvalue weighted by molar-refractivity contribution is 6.30. The first-order valence-corrected chi connectivity index (χ1v) is 7.04. The highest BCUT2D eigenvalue weighted by Crippen LogP contribution is 2.16. The molecule has 1 aromatic carbocycles. The van der Waals surface area contributed by atoms with Gasteiger partial charge in [0.1, 0.15) is 12.4 Å². The summed E-state index contributed by atoms with van der Waals surface area (Å²) >= 11 is 5.80. The van der Waals surface area contributed by atoms with Gasteiger partial charge in [-0.3, -0.25) is 4.68 Å². The summed E-state index contributed by atoms with van der Waals surface area (Å²) in [5, 5.41) is 15.1. The molecule has 4 nitrogen and oxygen atoms in total. The molecule has 0 saturated carbocycles. The third-order valence-electron chi connectivity index (χ3n) is 3.09. The molecule has 0 aliphatic rings. The van der Waals surface area contributed by atoms with Crippen molar-refractivity contribution in [2.75, 3.05) is 6.61 Å². The van der Waals surface area contributed by atoms with E-state index in [-0.39, 0.29) is 6.61 Å². The molecule has 1 atom stereocenters. The predicted octanol–water partition coefficient (Wildman–Crippen LogP) is 2.62. The molecule has 0 fully saturated rings. The molecule has 2 rings (SSSR count). The normalized spacial score (nSPS) is 12.4. The Labute approximate surface area is 123 Å². The molecule has 20 heavy (non-hydrogen) atoms. The van der Waals surface area contributed by atoms with Gasteiger partial charge in [0.25, 0.3) is 0 Å². The highest BCUT2D eigenvalue weighted by Gasteiger charge is 2.11. The van der Waals surface area contributed by atoms with Crippen LogP contribution in [0.2, 0.25) is 5.02 Å². The molecule has 1 aromatic heterocycles. The van der Waals surface area contributed by atoms with Gasteiger partial charge in [0, 0.05) is 24.2 Å². The summed E-state index contributed by atoms with van der Waals surface area (Å²) in [7, 11) is 1.89. The average molecular weight is 295 g/mol. The Morgan fingerprint density at radius 2 is 2.05 bits per heavy atom. The largest absolute Gasteiger partial charge is 0.491 e. The monoisotopic (exact) mass is 294 g/mol. The van der Waals surface area contributed by atoms with Gasteiger partial charge in [-0.05, 0) is 36.8 Å². The summed E-state index contributed by atoms with van der Waals surface area (Å²) in [6.07, 6.45) is 0.855. The molecule has 1 N–H and O–H groups in total. The Morgan fingerprint density at radius 3 is 2.65 bits per heavy atom. The summed E-state index contributed by atoms with van der Waals surface area (Å²) in [6.45, 7) is 2.31. The Morgan fingerprint density at radius 1 is 1.35 bits per heavy atom. The Hall–Kier alpha value is -1.52. The lowest BCUT2D eigenvalue weighted by Gasteiger charge is -2.12. The minimum absolute atomic E-state index is 0.244. The molecule has 0 amide bonds. The van der Waals surface area contributed by atoms with Crippen molar-refractivity contribution in [2.45, 2.75) is 25.9 Å². The number of benzene rings is 1. The van der Waals surface area contributed by atoms with Crippen molar-refractivity contribution in [1.82, 2.24) is 9.78 Å². The Bertz CT molecular complexity index is 552. The zero-order valence-corrected chi connectivity index (χ0v) is 12.5. The van der Waals surface area contributed by atoms with E-state index in [4.69, 9.17) is 16.3 Å². The van der Waals surface area contributed by atoms with Crippen LogP contribution in [0.3, 0.4) is 0 Å². The standard InChI is InChI=1S/C15H19ClN2O2/c1-3-12-8-13(18(2)17-12)9-14(19)10-20-15-6-4-11(16)5-7-15/h4-8,14,19H,3,9-10H2,1-2H3. The lowest BCUT2D eigenvalue weighted by Crippen LogP contribution is -2.21. The fourth-order valence-corrected chi connectivity index (χ4v) is 2.08. The van der Waals surface area contributed by atoms with Crippen LogP contribution in [0, 0.1) is 0 Å². The number of aromatic nitrogens is 2. The van der Waals surface area contributed by atoms with E-state index in [0.29, 0.717) is 17.2 Å². The van der Waals surface area contributed by atoms with Gasteiger partial charge in [0.2, 0.25) is 0 Å². The van der Waals surface area contributed by atoms with Gasteiger partial charge in [-0.15, -0.1) is 0 Å². The van der Waals surface area contributed by atoms with Gasteiger partial charge in [-0.2, -0.15) is 5.10 Å². The fraction of sp³-hybridized carbons (Fsp3) is 0.400. The molecule has 0 radical (unpaired) electrons. The topological polar surface area (TPSA) is 47.3 Å². The summed E-state index contributed by atoms with van der Waals surface area (Å²) in [6, 6.07) is 9.12. The first-order chi connectivity index (χ1) is 9.58. The lowest BCUT2D eigenvalue weighted by molar-refractivity contribution is 0.106. The molecule has 0 aliphatic heterocycles. The number of ether oxygens (including phenoxy) is 1. The molecular weight excluding hydrogens is 276 g/mol. The number of halogens is 1. The number of aliphatic hydroxyl groups is 1. The van der Waals surface area contributed by atoms with Gasteiger partial charge >= 0.3 is 0 Å². The van der Waals surface area contributed by atoms with E-state index < -0.39 is 6.10 Å². The fourth-order valence-electron chi connectivity index (χ4n) is 1.96. The predicted molar refractivity (Wildman–Crippen MR) is 79.2 cm³/mol. The number of aliphatic hydroxyl groups excluding tert-OH is 1. The van der Waals surface area contributed by atoms with E-state index in [1.54, 1.807) is 24.3 Å². The molecule has 1 heterocycles. The van der Waals surface area contributed by atoms with Crippen LogP contribution in [0.4, 0.5) is 0 Å². The number of aryl methyl sites for hydroxylation is 2. The second-order valence-corrected chi connectivity index (χ2v) is 5.16. The van der Waals surface area contributed by atoms with Crippen LogP contribution in [0.25, 0.3) is 0 Å². The molecular formula is C15H19ClN2O2. The summed E-state index contributed by atoms with van der Waals surface area (Å²) < 4.78 is 7.34. The SMILES string of the molecule is CCc1cc(CC(O)COc2ccc(Cl)cc2)n(C)n1. The van der Waals surface area contributed by atoms with E-state index in [2.05, 4.69) is 12.0 Å². The maximum atomic E-state index is 10.0. The molecule has 108 valence electrons. The number of hydrogen-bond acceptors (Lipinski definition) is 3. The summed E-state index contributed by atoms with van der Waals surface area (Å²) in [4.78, 5) is 0. The van der Waals surface area contributed by atoms with Crippen molar-refractivity contribution in [3.05, 3.63) is 46.7 Å². The van der Waals surface area contributed by atoms with Gasteiger partial charge in [0.15, 0.2) is 0 Å². The van der Waals surface area contributed by atoms with E-state index in [1.807, 2.05) is 17.8 Å². The van der Waals surface area contributed by atoms with Crippen LogP contribution in [0.15, 0.2) is 30.3 Å². The van der Waals surface area contributed by atoms with Crippen LogP contribution in [0.5, 0.6) is 5.75 Å². The minimum atomic E-state index is -0.564. The Kier molecular flexibility index (Phi) is 5.04. The number of hydrogen-bond donors (Lipinski definition) is 1. The molecule has 0 saturated heterocycles. The maximum absolute atomic E-state index is 10.0. The van der Waals surface area contributed by atoms with Crippen LogP contribution in [0.1, 0.15) is 18.3 Å². The first-order valence-electron chi connectivity index (χ1n) is 6.66. The van der Waals surface area contributed by atoms with Crippen molar-refractivity contribution in [3.8, 4) is 5.75 Å². The van der Waals surface area contributed by atoms with Crippen molar-refractivity contribution >= 4 is 11.6 Å². The van der Waals surface area contributed by atoms with Crippen molar-refractivity contribution in [1.29, 1.82) is 0 Å². The highest BCUT2D eigenvalue weighted by atomic mass is 35.5. The van der Waals surface area contributed by atoms with Gasteiger partial charge in [0.05, 0.1) is 11.8 Å². The first kappa shape index (κ1) is 14.9. The van der Waals surface area contributed by atoms with Crippen LogP contribution in [-0.2, 0) is 19.9 Å². The molecule has 0 spiro atoms. The van der Waals surface area contributed by atoms with Gasteiger partial charge in [-0.1, -0.05) is 18.5 Å². The van der Waals surface area contributed by atoms with Crippen molar-refractivity contribution < 1.29 is 9.84 Å². The van der Waals surface area contributed by atoms with E-state index in [9.17, 15) is 5.11 Å². The van der Waals surface area contributed by atoms with Crippen LogP contribution < -0.4 is 4.74 Å². The van der Waals surface area contributed by atoms with Gasteiger partial charge < -0.3 is 9.84 Å². The lowest BCUT2D eigenvalue weighted by atomic mass is 10.2. The molecule has 5 heteroatoms. The van der Waals surface area contributed by atoms with Crippen molar-refractivity contribution in [2.24, 2.45) is 7.05 Å². The average Bonchev–Trinajstić information content (AvgIpc) is 2.79. The second-order valence-electron chi connectivity index (χ2n) is 4.73. The van der Waals surface area contributed by atoms with Crippen molar-refractivity contribution in [3.63, 3.8) is 0 Å². The zero-order valence-electron chi connectivity index (χ0n) is 11.7. The van der Waals surface area contributed by atoms with Crippen LogP contribution >= 0.6 is 11.6 Å². The quantitative estimate of drug-likeness (QED) is 0.891. The number of nitrogens with zero attached hydrogens (tertiary/aromatic N) is 2. The van der Waals surface area contributed by atoms with Crippen LogP contribution in [-0.4, -0.2) is 27.6 Å². The van der Waals surface area contributed by atoms with E-state index in [0.717, 1.165) is 17.8 Å². The number of rotatable bonds is 6. The molecule has 0 aliphatic carbocycles.